The minimum Gasteiger partial charge on any atom is -0.386 e. The highest BCUT2D eigenvalue weighted by Crippen LogP contribution is 2.30. The number of aliphatic hydroxyl groups is 1. The number of hydrogen-bond acceptors (Lipinski definition) is 5. The molecule has 8 heteroatoms. The standard InChI is InChI=1S/C13H15ClN4O3/c1-8-3-11(10(14)4-12(8)18(20)21)15-6-13(19)9-5-16-17(2)7-9/h3-5,7,13,15,19H,6H2,1-2H3. The number of aryl methyl sites for hydroxylation is 2. The van der Waals surface area contributed by atoms with Crippen molar-refractivity contribution in [1.29, 1.82) is 0 Å². The molecule has 0 fully saturated rings. The zero-order chi connectivity index (χ0) is 15.6. The van der Waals surface area contributed by atoms with Crippen LogP contribution in [0.15, 0.2) is 24.5 Å². The summed E-state index contributed by atoms with van der Waals surface area (Å²) in [7, 11) is 1.76. The van der Waals surface area contributed by atoms with Gasteiger partial charge in [0.05, 0.1) is 27.9 Å². The summed E-state index contributed by atoms with van der Waals surface area (Å²) in [5.74, 6) is 0. The van der Waals surface area contributed by atoms with E-state index in [2.05, 4.69) is 10.4 Å². The van der Waals surface area contributed by atoms with E-state index in [0.29, 0.717) is 16.8 Å². The molecule has 0 saturated heterocycles. The quantitative estimate of drug-likeness (QED) is 0.653. The van der Waals surface area contributed by atoms with Crippen LogP contribution >= 0.6 is 11.6 Å². The molecule has 1 unspecified atom stereocenters. The number of nitro groups is 1. The third kappa shape index (κ3) is 3.50. The van der Waals surface area contributed by atoms with E-state index in [-0.39, 0.29) is 17.3 Å². The van der Waals surface area contributed by atoms with Crippen LogP contribution in [0.2, 0.25) is 5.02 Å². The molecule has 1 aromatic heterocycles. The topological polar surface area (TPSA) is 93.2 Å². The van der Waals surface area contributed by atoms with Crippen molar-refractivity contribution in [3.8, 4) is 0 Å². The third-order valence-electron chi connectivity index (χ3n) is 3.08. The molecule has 0 aliphatic carbocycles. The number of nitro benzene ring substituents is 1. The Morgan fingerprint density at radius 3 is 2.86 bits per heavy atom. The van der Waals surface area contributed by atoms with Crippen LogP contribution in [0.25, 0.3) is 0 Å². The monoisotopic (exact) mass is 310 g/mol. The van der Waals surface area contributed by atoms with Crippen LogP contribution in [-0.2, 0) is 7.05 Å². The van der Waals surface area contributed by atoms with Crippen LogP contribution in [-0.4, -0.2) is 26.4 Å². The molecular formula is C13H15ClN4O3. The fraction of sp³-hybridized carbons (Fsp3) is 0.308. The largest absolute Gasteiger partial charge is 0.386 e. The zero-order valence-corrected chi connectivity index (χ0v) is 12.3. The summed E-state index contributed by atoms with van der Waals surface area (Å²) < 4.78 is 1.60. The van der Waals surface area contributed by atoms with Gasteiger partial charge >= 0.3 is 0 Å². The number of hydrogen-bond donors (Lipinski definition) is 2. The SMILES string of the molecule is Cc1cc(NCC(O)c2cnn(C)c2)c(Cl)cc1[N+](=O)[O-]. The molecule has 2 N–H and O–H groups in total. The van der Waals surface area contributed by atoms with Gasteiger partial charge in [0.25, 0.3) is 5.69 Å². The van der Waals surface area contributed by atoms with E-state index in [9.17, 15) is 15.2 Å². The molecule has 2 rings (SSSR count). The average molecular weight is 311 g/mol. The number of halogens is 1. The molecule has 1 aromatic carbocycles. The highest BCUT2D eigenvalue weighted by Gasteiger charge is 2.15. The van der Waals surface area contributed by atoms with Gasteiger partial charge in [-0.15, -0.1) is 0 Å². The Balaban J connectivity index is 2.10. The molecule has 112 valence electrons. The molecule has 2 aromatic rings. The Bertz CT molecular complexity index is 671. The summed E-state index contributed by atoms with van der Waals surface area (Å²) in [4.78, 5) is 10.3. The van der Waals surface area contributed by atoms with Crippen LogP contribution in [0.5, 0.6) is 0 Å². The molecule has 0 aliphatic rings. The van der Waals surface area contributed by atoms with Crippen LogP contribution in [0, 0.1) is 17.0 Å². The lowest BCUT2D eigenvalue weighted by atomic mass is 10.1. The Kier molecular flexibility index (Phi) is 4.44. The number of anilines is 1. The van der Waals surface area contributed by atoms with Gasteiger partial charge in [0, 0.05) is 37.0 Å². The Morgan fingerprint density at radius 1 is 1.57 bits per heavy atom. The molecule has 7 nitrogen and oxygen atoms in total. The van der Waals surface area contributed by atoms with E-state index in [4.69, 9.17) is 11.6 Å². The predicted molar refractivity (Wildman–Crippen MR) is 79.5 cm³/mol. The first-order valence-corrected chi connectivity index (χ1v) is 6.61. The lowest BCUT2D eigenvalue weighted by molar-refractivity contribution is -0.385. The summed E-state index contributed by atoms with van der Waals surface area (Å²) in [6.45, 7) is 1.86. The fourth-order valence-corrected chi connectivity index (χ4v) is 2.16. The highest BCUT2D eigenvalue weighted by atomic mass is 35.5. The Morgan fingerprint density at radius 2 is 2.29 bits per heavy atom. The van der Waals surface area contributed by atoms with Crippen LogP contribution in [0.3, 0.4) is 0 Å². The second kappa shape index (κ2) is 6.11. The number of aromatic nitrogens is 2. The molecular weight excluding hydrogens is 296 g/mol. The molecule has 21 heavy (non-hydrogen) atoms. The summed E-state index contributed by atoms with van der Waals surface area (Å²) in [5.41, 5.74) is 1.70. The molecule has 1 heterocycles. The second-order valence-corrected chi connectivity index (χ2v) is 5.13. The average Bonchev–Trinajstić information content (AvgIpc) is 2.85. The maximum Gasteiger partial charge on any atom is 0.273 e. The highest BCUT2D eigenvalue weighted by molar-refractivity contribution is 6.33. The molecule has 0 bridgehead atoms. The van der Waals surface area contributed by atoms with Crippen molar-refractivity contribution in [3.05, 3.63) is 50.8 Å². The van der Waals surface area contributed by atoms with Crippen molar-refractivity contribution in [3.63, 3.8) is 0 Å². The van der Waals surface area contributed by atoms with Crippen LogP contribution in [0.4, 0.5) is 11.4 Å². The minimum absolute atomic E-state index is 0.0293. The van der Waals surface area contributed by atoms with Gasteiger partial charge in [-0.25, -0.2) is 0 Å². The Labute approximate surface area is 126 Å². The van der Waals surface area contributed by atoms with Crippen molar-refractivity contribution in [1.82, 2.24) is 9.78 Å². The van der Waals surface area contributed by atoms with Gasteiger partial charge in [-0.3, -0.25) is 14.8 Å². The molecule has 1 atom stereocenters. The smallest absolute Gasteiger partial charge is 0.273 e. The van der Waals surface area contributed by atoms with Crippen molar-refractivity contribution >= 4 is 23.0 Å². The van der Waals surface area contributed by atoms with Gasteiger partial charge in [-0.2, -0.15) is 5.10 Å². The zero-order valence-electron chi connectivity index (χ0n) is 11.6. The summed E-state index contributed by atoms with van der Waals surface area (Å²) in [6.07, 6.45) is 2.55. The second-order valence-electron chi connectivity index (χ2n) is 4.72. The summed E-state index contributed by atoms with van der Waals surface area (Å²) in [6, 6.07) is 2.89. The number of nitrogens with zero attached hydrogens (tertiary/aromatic N) is 3. The first kappa shape index (κ1) is 15.3. The number of aliphatic hydroxyl groups excluding tert-OH is 1. The van der Waals surface area contributed by atoms with E-state index in [0.717, 1.165) is 0 Å². The van der Waals surface area contributed by atoms with Crippen molar-refractivity contribution in [2.45, 2.75) is 13.0 Å². The Hall–Kier alpha value is -2.12. The van der Waals surface area contributed by atoms with E-state index < -0.39 is 11.0 Å². The van der Waals surface area contributed by atoms with E-state index in [1.54, 1.807) is 37.1 Å². The van der Waals surface area contributed by atoms with E-state index >= 15 is 0 Å². The molecule has 0 spiro atoms. The third-order valence-corrected chi connectivity index (χ3v) is 3.39. The van der Waals surface area contributed by atoms with Crippen LogP contribution in [0.1, 0.15) is 17.2 Å². The number of nitrogens with one attached hydrogen (secondary N) is 1. The lowest BCUT2D eigenvalue weighted by Crippen LogP contribution is -2.12. The summed E-state index contributed by atoms with van der Waals surface area (Å²) >= 11 is 6.01. The van der Waals surface area contributed by atoms with Gasteiger partial charge in [0.2, 0.25) is 0 Å². The normalized spacial score (nSPS) is 12.2. The lowest BCUT2D eigenvalue weighted by Gasteiger charge is -2.13. The van der Waals surface area contributed by atoms with Crippen molar-refractivity contribution in [2.24, 2.45) is 7.05 Å². The first-order chi connectivity index (χ1) is 9.88. The van der Waals surface area contributed by atoms with E-state index in [1.165, 1.54) is 6.07 Å². The van der Waals surface area contributed by atoms with Gasteiger partial charge in [-0.05, 0) is 13.0 Å². The van der Waals surface area contributed by atoms with Gasteiger partial charge < -0.3 is 10.4 Å². The molecule has 0 aliphatic heterocycles. The van der Waals surface area contributed by atoms with Crippen molar-refractivity contribution in [2.75, 3.05) is 11.9 Å². The maximum atomic E-state index is 10.8. The maximum absolute atomic E-state index is 10.8. The molecule has 0 radical (unpaired) electrons. The van der Waals surface area contributed by atoms with Crippen LogP contribution < -0.4 is 5.32 Å². The molecule has 0 amide bonds. The first-order valence-electron chi connectivity index (χ1n) is 6.23. The fourth-order valence-electron chi connectivity index (χ4n) is 1.94. The number of benzene rings is 1. The summed E-state index contributed by atoms with van der Waals surface area (Å²) in [5, 5.41) is 28.1. The van der Waals surface area contributed by atoms with Crippen molar-refractivity contribution < 1.29 is 10.0 Å². The van der Waals surface area contributed by atoms with Gasteiger partial charge in [0.15, 0.2) is 0 Å². The minimum atomic E-state index is -0.745. The predicted octanol–water partition coefficient (Wildman–Crippen LogP) is 2.44. The molecule has 0 saturated carbocycles. The van der Waals surface area contributed by atoms with Gasteiger partial charge in [-0.1, -0.05) is 11.6 Å². The number of rotatable bonds is 5. The van der Waals surface area contributed by atoms with Gasteiger partial charge in [0.1, 0.15) is 0 Å². The van der Waals surface area contributed by atoms with E-state index in [1.807, 2.05) is 0 Å².